The van der Waals surface area contributed by atoms with Gasteiger partial charge in [-0.3, -0.25) is 14.2 Å². The van der Waals surface area contributed by atoms with Crippen LogP contribution in [0.25, 0.3) is 16.7 Å². The van der Waals surface area contributed by atoms with E-state index in [9.17, 15) is 14.0 Å². The van der Waals surface area contributed by atoms with E-state index in [2.05, 4.69) is 15.1 Å². The fourth-order valence-corrected chi connectivity index (χ4v) is 6.13. The summed E-state index contributed by atoms with van der Waals surface area (Å²) in [6, 6.07) is 27.2. The number of benzene rings is 3. The van der Waals surface area contributed by atoms with Gasteiger partial charge in [0.25, 0.3) is 11.5 Å². The molecular formula is C33H29FN6O2. The SMILES string of the molecule is Cc1nc(N2CC3CC2CN3c2ccc(F)cc2)nc2c1ccc(=O)n2-c1ccc(C(=O)NCc2ccccc2)cc1. The topological polar surface area (TPSA) is 83.4 Å². The van der Waals surface area contributed by atoms with Gasteiger partial charge in [-0.25, -0.2) is 9.37 Å². The first-order valence-electron chi connectivity index (χ1n) is 14.1. The predicted molar refractivity (Wildman–Crippen MR) is 161 cm³/mol. The van der Waals surface area contributed by atoms with E-state index in [1.165, 1.54) is 18.2 Å². The van der Waals surface area contributed by atoms with Crippen molar-refractivity contribution in [3.05, 3.63) is 124 Å². The van der Waals surface area contributed by atoms with E-state index < -0.39 is 0 Å². The molecule has 2 saturated heterocycles. The number of amides is 1. The molecule has 9 heteroatoms. The minimum atomic E-state index is -0.239. The maximum atomic E-state index is 13.5. The average molecular weight is 561 g/mol. The zero-order valence-electron chi connectivity index (χ0n) is 23.1. The lowest BCUT2D eigenvalue weighted by atomic mass is 10.1. The molecular weight excluding hydrogens is 531 g/mol. The summed E-state index contributed by atoms with van der Waals surface area (Å²) in [4.78, 5) is 40.2. The van der Waals surface area contributed by atoms with Crippen molar-refractivity contribution in [2.75, 3.05) is 22.9 Å². The van der Waals surface area contributed by atoms with E-state index in [1.54, 1.807) is 34.9 Å². The zero-order chi connectivity index (χ0) is 28.8. The first kappa shape index (κ1) is 25.9. The second-order valence-corrected chi connectivity index (χ2v) is 10.9. The third-order valence-electron chi connectivity index (χ3n) is 8.27. The molecule has 1 amide bonds. The number of pyridine rings is 1. The second kappa shape index (κ2) is 10.4. The average Bonchev–Trinajstić information content (AvgIpc) is 3.62. The number of rotatable bonds is 6. The standard InChI is InChI=1S/C33H29FN6O2/c1-21-29-15-16-30(41)40(26-11-7-23(8-12-26)32(42)35-18-22-5-3-2-4-6-22)31(29)37-33(36-21)39-20-27-17-28(39)19-38(27)25-13-9-24(34)10-14-25/h2-16,27-28H,17-20H2,1H3,(H,35,42). The number of nitrogens with zero attached hydrogens (tertiary/aromatic N) is 5. The molecule has 0 saturated carbocycles. The van der Waals surface area contributed by atoms with Crippen molar-refractivity contribution in [2.45, 2.75) is 32.0 Å². The van der Waals surface area contributed by atoms with Crippen molar-refractivity contribution in [3.63, 3.8) is 0 Å². The Morgan fingerprint density at radius 3 is 2.26 bits per heavy atom. The molecule has 0 radical (unpaired) electrons. The van der Waals surface area contributed by atoms with Gasteiger partial charge in [0.05, 0.1) is 17.4 Å². The number of hydrogen-bond acceptors (Lipinski definition) is 6. The van der Waals surface area contributed by atoms with Crippen LogP contribution in [0.1, 0.15) is 28.0 Å². The van der Waals surface area contributed by atoms with Gasteiger partial charge >= 0.3 is 0 Å². The van der Waals surface area contributed by atoms with Gasteiger partial charge in [-0.1, -0.05) is 30.3 Å². The highest BCUT2D eigenvalue weighted by Gasteiger charge is 2.44. The van der Waals surface area contributed by atoms with Crippen LogP contribution in [0.4, 0.5) is 16.0 Å². The Kier molecular flexibility index (Phi) is 6.42. The van der Waals surface area contributed by atoms with Crippen LogP contribution in [0.3, 0.4) is 0 Å². The van der Waals surface area contributed by atoms with Crippen molar-refractivity contribution in [1.29, 1.82) is 0 Å². The van der Waals surface area contributed by atoms with Gasteiger partial charge in [0.2, 0.25) is 5.95 Å². The number of hydrogen-bond donors (Lipinski definition) is 1. The van der Waals surface area contributed by atoms with Crippen LogP contribution in [0, 0.1) is 12.7 Å². The summed E-state index contributed by atoms with van der Waals surface area (Å²) < 4.78 is 15.0. The number of piperazine rings is 1. The molecule has 2 fully saturated rings. The van der Waals surface area contributed by atoms with E-state index in [4.69, 9.17) is 9.97 Å². The molecule has 2 aliphatic heterocycles. The van der Waals surface area contributed by atoms with E-state index in [-0.39, 0.29) is 29.4 Å². The van der Waals surface area contributed by atoms with Crippen molar-refractivity contribution in [2.24, 2.45) is 0 Å². The van der Waals surface area contributed by atoms with Crippen LogP contribution >= 0.6 is 0 Å². The fraction of sp³-hybridized carbons (Fsp3) is 0.212. The lowest BCUT2D eigenvalue weighted by Gasteiger charge is -2.35. The van der Waals surface area contributed by atoms with Gasteiger partial charge in [0.1, 0.15) is 5.82 Å². The number of aryl methyl sites for hydroxylation is 1. The smallest absolute Gasteiger partial charge is 0.256 e. The Morgan fingerprint density at radius 1 is 0.857 bits per heavy atom. The van der Waals surface area contributed by atoms with E-state index in [0.717, 1.165) is 41.8 Å². The summed E-state index contributed by atoms with van der Waals surface area (Å²) in [5, 5.41) is 3.73. The number of carbonyl (C=O) groups is 1. The van der Waals surface area contributed by atoms with Gasteiger partial charge in [-0.15, -0.1) is 0 Å². The van der Waals surface area contributed by atoms with Crippen molar-refractivity contribution in [3.8, 4) is 5.69 Å². The molecule has 210 valence electrons. The Labute approximate surface area is 242 Å². The fourth-order valence-electron chi connectivity index (χ4n) is 6.13. The number of anilines is 2. The molecule has 1 N–H and O–H groups in total. The Hall–Kier alpha value is -5.05. The molecule has 8 nitrogen and oxygen atoms in total. The highest BCUT2D eigenvalue weighted by atomic mass is 19.1. The Morgan fingerprint density at radius 2 is 1.55 bits per heavy atom. The van der Waals surface area contributed by atoms with Crippen LogP contribution in [-0.2, 0) is 6.54 Å². The number of fused-ring (bicyclic) bond motifs is 3. The normalized spacial score (nSPS) is 17.7. The van der Waals surface area contributed by atoms with Crippen molar-refractivity contribution < 1.29 is 9.18 Å². The molecule has 2 unspecified atom stereocenters. The van der Waals surface area contributed by atoms with Crippen molar-refractivity contribution in [1.82, 2.24) is 19.9 Å². The summed E-state index contributed by atoms with van der Waals surface area (Å²) in [6.45, 7) is 3.91. The molecule has 2 atom stereocenters. The maximum absolute atomic E-state index is 13.5. The molecule has 2 aliphatic rings. The van der Waals surface area contributed by atoms with E-state index >= 15 is 0 Å². The quantitative estimate of drug-likeness (QED) is 0.326. The summed E-state index contributed by atoms with van der Waals surface area (Å²) >= 11 is 0. The molecule has 7 rings (SSSR count). The third-order valence-corrected chi connectivity index (χ3v) is 8.27. The van der Waals surface area contributed by atoms with Gasteiger partial charge < -0.3 is 15.1 Å². The largest absolute Gasteiger partial charge is 0.365 e. The number of nitrogens with one attached hydrogen (secondary N) is 1. The number of aromatic nitrogens is 3. The summed E-state index contributed by atoms with van der Waals surface area (Å²) in [7, 11) is 0. The molecule has 0 aliphatic carbocycles. The molecule has 5 aromatic rings. The zero-order valence-corrected chi connectivity index (χ0v) is 23.1. The predicted octanol–water partition coefficient (Wildman–Crippen LogP) is 4.63. The second-order valence-electron chi connectivity index (χ2n) is 10.9. The first-order valence-corrected chi connectivity index (χ1v) is 14.1. The number of carbonyl (C=O) groups excluding carboxylic acids is 1. The summed E-state index contributed by atoms with van der Waals surface area (Å²) in [6.07, 6.45) is 0.965. The lowest BCUT2D eigenvalue weighted by Crippen LogP contribution is -2.47. The lowest BCUT2D eigenvalue weighted by molar-refractivity contribution is 0.0951. The van der Waals surface area contributed by atoms with Gasteiger partial charge in [0, 0.05) is 48.4 Å². The first-order chi connectivity index (χ1) is 20.4. The van der Waals surface area contributed by atoms with E-state index in [0.29, 0.717) is 29.4 Å². The molecule has 4 heterocycles. The molecule has 2 bridgehead atoms. The Bertz CT molecular complexity index is 1840. The van der Waals surface area contributed by atoms with Crippen LogP contribution in [0.15, 0.2) is 95.8 Å². The highest BCUT2D eigenvalue weighted by Crippen LogP contribution is 2.37. The van der Waals surface area contributed by atoms with Gasteiger partial charge in [0.15, 0.2) is 5.65 Å². The molecule has 2 aromatic heterocycles. The van der Waals surface area contributed by atoms with Crippen LogP contribution in [0.5, 0.6) is 0 Å². The van der Waals surface area contributed by atoms with Crippen LogP contribution in [0.2, 0.25) is 0 Å². The van der Waals surface area contributed by atoms with Gasteiger partial charge in [-0.05, 0) is 73.5 Å². The maximum Gasteiger partial charge on any atom is 0.256 e. The summed E-state index contributed by atoms with van der Waals surface area (Å²) in [5.74, 6) is 0.175. The van der Waals surface area contributed by atoms with Crippen LogP contribution < -0.4 is 20.7 Å². The summed E-state index contributed by atoms with van der Waals surface area (Å²) in [5.41, 5.74) is 4.28. The third kappa shape index (κ3) is 4.66. The highest BCUT2D eigenvalue weighted by molar-refractivity contribution is 5.94. The monoisotopic (exact) mass is 560 g/mol. The number of halogens is 1. The molecule has 3 aromatic carbocycles. The van der Waals surface area contributed by atoms with Gasteiger partial charge in [-0.2, -0.15) is 4.98 Å². The molecule has 42 heavy (non-hydrogen) atoms. The van der Waals surface area contributed by atoms with Crippen molar-refractivity contribution >= 4 is 28.6 Å². The Balaban J connectivity index is 1.16. The van der Waals surface area contributed by atoms with Crippen LogP contribution in [-0.4, -0.2) is 45.6 Å². The minimum absolute atomic E-state index is 0.185. The molecule has 0 spiro atoms. The minimum Gasteiger partial charge on any atom is -0.365 e. The van der Waals surface area contributed by atoms with E-state index in [1.807, 2.05) is 49.4 Å².